The van der Waals surface area contributed by atoms with Crippen LogP contribution in [0.2, 0.25) is 0 Å². The number of likely N-dealkylation sites (N-methyl/N-ethyl adjacent to an activating group) is 1. The minimum absolute atomic E-state index is 0.106. The highest BCUT2D eigenvalue weighted by Crippen LogP contribution is 2.21. The van der Waals surface area contributed by atoms with Crippen LogP contribution in [-0.4, -0.2) is 47.1 Å². The summed E-state index contributed by atoms with van der Waals surface area (Å²) >= 11 is 0. The molecule has 1 aromatic heterocycles. The van der Waals surface area contributed by atoms with Crippen molar-refractivity contribution < 1.29 is 9.59 Å². The molecule has 0 unspecified atom stereocenters. The van der Waals surface area contributed by atoms with Crippen molar-refractivity contribution in [2.24, 2.45) is 0 Å². The molecule has 134 valence electrons. The van der Waals surface area contributed by atoms with Gasteiger partial charge in [-0.2, -0.15) is 5.10 Å². The Labute approximate surface area is 148 Å². The SMILES string of the molecule is CCn1nc(C)cc1C(=O)Nc1cc(NC(=O)CN(C)C)ccc1C. The average molecular weight is 343 g/mol. The molecular formula is C18H25N5O2. The molecule has 0 atom stereocenters. The third-order valence-corrected chi connectivity index (χ3v) is 3.66. The zero-order chi connectivity index (χ0) is 18.6. The van der Waals surface area contributed by atoms with Gasteiger partial charge >= 0.3 is 0 Å². The molecule has 1 heterocycles. The summed E-state index contributed by atoms with van der Waals surface area (Å²) in [5.74, 6) is -0.326. The van der Waals surface area contributed by atoms with Crippen LogP contribution in [0.5, 0.6) is 0 Å². The smallest absolute Gasteiger partial charge is 0.273 e. The number of amides is 2. The van der Waals surface area contributed by atoms with E-state index in [-0.39, 0.29) is 11.8 Å². The Balaban J connectivity index is 2.17. The third-order valence-electron chi connectivity index (χ3n) is 3.66. The fraction of sp³-hybridized carbons (Fsp3) is 0.389. The summed E-state index contributed by atoms with van der Waals surface area (Å²) in [4.78, 5) is 26.3. The lowest BCUT2D eigenvalue weighted by Gasteiger charge is -2.13. The predicted octanol–water partition coefficient (Wildman–Crippen LogP) is 2.27. The summed E-state index contributed by atoms with van der Waals surface area (Å²) in [6, 6.07) is 7.21. The van der Waals surface area contributed by atoms with Crippen molar-refractivity contribution in [3.63, 3.8) is 0 Å². The largest absolute Gasteiger partial charge is 0.325 e. The molecule has 0 bridgehead atoms. The van der Waals surface area contributed by atoms with Gasteiger partial charge < -0.3 is 15.5 Å². The Morgan fingerprint density at radius 2 is 1.88 bits per heavy atom. The van der Waals surface area contributed by atoms with E-state index in [4.69, 9.17) is 0 Å². The van der Waals surface area contributed by atoms with Gasteiger partial charge in [0.05, 0.1) is 12.2 Å². The Morgan fingerprint density at radius 3 is 2.52 bits per heavy atom. The van der Waals surface area contributed by atoms with Crippen LogP contribution in [0.25, 0.3) is 0 Å². The Hall–Kier alpha value is -2.67. The first-order valence-electron chi connectivity index (χ1n) is 8.21. The maximum absolute atomic E-state index is 12.6. The van der Waals surface area contributed by atoms with Gasteiger partial charge in [0, 0.05) is 17.9 Å². The lowest BCUT2D eigenvalue weighted by molar-refractivity contribution is -0.116. The second-order valence-electron chi connectivity index (χ2n) is 6.26. The van der Waals surface area contributed by atoms with Crippen LogP contribution in [0.15, 0.2) is 24.3 Å². The first kappa shape index (κ1) is 18.7. The molecule has 7 heteroatoms. The van der Waals surface area contributed by atoms with E-state index in [0.717, 1.165) is 11.3 Å². The van der Waals surface area contributed by atoms with Crippen LogP contribution in [0.4, 0.5) is 11.4 Å². The first-order valence-corrected chi connectivity index (χ1v) is 8.21. The summed E-state index contributed by atoms with van der Waals surface area (Å²) in [5.41, 5.74) is 3.54. The number of carbonyl (C=O) groups is 2. The van der Waals surface area contributed by atoms with Crippen LogP contribution < -0.4 is 10.6 Å². The zero-order valence-corrected chi connectivity index (χ0v) is 15.4. The summed E-state index contributed by atoms with van der Waals surface area (Å²) in [6.45, 7) is 6.62. The van der Waals surface area contributed by atoms with Crippen molar-refractivity contribution in [3.05, 3.63) is 41.2 Å². The van der Waals surface area contributed by atoms with Gasteiger partial charge in [0.15, 0.2) is 0 Å². The Morgan fingerprint density at radius 1 is 1.16 bits per heavy atom. The molecule has 2 N–H and O–H groups in total. The monoisotopic (exact) mass is 343 g/mol. The maximum atomic E-state index is 12.6. The number of aryl methyl sites for hydroxylation is 3. The molecule has 1 aromatic carbocycles. The standard InChI is InChI=1S/C18H25N5O2/c1-6-23-16(9-13(3)21-23)18(25)20-15-10-14(8-7-12(15)2)19-17(24)11-22(4)5/h7-10H,6,11H2,1-5H3,(H,19,24)(H,20,25). The van der Waals surface area contributed by atoms with Gasteiger partial charge in [-0.05, 0) is 58.6 Å². The molecule has 0 radical (unpaired) electrons. The van der Waals surface area contributed by atoms with E-state index in [1.165, 1.54) is 0 Å². The number of nitrogens with one attached hydrogen (secondary N) is 2. The van der Waals surface area contributed by atoms with E-state index in [2.05, 4.69) is 15.7 Å². The highest BCUT2D eigenvalue weighted by atomic mass is 16.2. The van der Waals surface area contributed by atoms with Crippen LogP contribution in [0.1, 0.15) is 28.7 Å². The normalized spacial score (nSPS) is 10.8. The van der Waals surface area contributed by atoms with Crippen molar-refractivity contribution >= 4 is 23.2 Å². The number of hydrogen-bond donors (Lipinski definition) is 2. The van der Waals surface area contributed by atoms with Gasteiger partial charge in [0.1, 0.15) is 5.69 Å². The van der Waals surface area contributed by atoms with Gasteiger partial charge in [0.25, 0.3) is 5.91 Å². The number of hydrogen-bond acceptors (Lipinski definition) is 4. The van der Waals surface area contributed by atoms with Crippen molar-refractivity contribution in [2.45, 2.75) is 27.3 Å². The van der Waals surface area contributed by atoms with Crippen LogP contribution in [0, 0.1) is 13.8 Å². The number of nitrogens with zero attached hydrogens (tertiary/aromatic N) is 3. The number of anilines is 2. The van der Waals surface area contributed by atoms with Gasteiger partial charge in [0.2, 0.25) is 5.91 Å². The molecule has 2 rings (SSSR count). The Kier molecular flexibility index (Phi) is 5.93. The topological polar surface area (TPSA) is 79.3 Å². The predicted molar refractivity (Wildman–Crippen MR) is 99.0 cm³/mol. The van der Waals surface area contributed by atoms with Crippen LogP contribution in [0.3, 0.4) is 0 Å². The molecule has 0 aliphatic rings. The summed E-state index contributed by atoms with van der Waals surface area (Å²) in [7, 11) is 3.67. The van der Waals surface area contributed by atoms with E-state index in [9.17, 15) is 9.59 Å². The molecule has 0 fully saturated rings. The minimum Gasteiger partial charge on any atom is -0.325 e. The van der Waals surface area contributed by atoms with Crippen molar-refractivity contribution in [3.8, 4) is 0 Å². The summed E-state index contributed by atoms with van der Waals surface area (Å²) in [6.07, 6.45) is 0. The second-order valence-corrected chi connectivity index (χ2v) is 6.26. The highest BCUT2D eigenvalue weighted by Gasteiger charge is 2.15. The Bertz CT molecular complexity index is 780. The summed E-state index contributed by atoms with van der Waals surface area (Å²) < 4.78 is 1.67. The molecule has 0 spiro atoms. The van der Waals surface area contributed by atoms with E-state index in [0.29, 0.717) is 30.2 Å². The lowest BCUT2D eigenvalue weighted by Crippen LogP contribution is -2.27. The highest BCUT2D eigenvalue weighted by molar-refractivity contribution is 6.04. The van der Waals surface area contributed by atoms with Crippen LogP contribution >= 0.6 is 0 Å². The number of rotatable bonds is 6. The van der Waals surface area contributed by atoms with Gasteiger partial charge in [-0.3, -0.25) is 14.3 Å². The minimum atomic E-state index is -0.220. The molecule has 0 saturated carbocycles. The van der Waals surface area contributed by atoms with E-state index in [1.807, 2.05) is 47.0 Å². The molecule has 25 heavy (non-hydrogen) atoms. The molecular weight excluding hydrogens is 318 g/mol. The second kappa shape index (κ2) is 7.94. The third kappa shape index (κ3) is 4.90. The van der Waals surface area contributed by atoms with E-state index < -0.39 is 0 Å². The van der Waals surface area contributed by atoms with Crippen molar-refractivity contribution in [1.82, 2.24) is 14.7 Å². The molecule has 0 saturated heterocycles. The van der Waals surface area contributed by atoms with Crippen LogP contribution in [-0.2, 0) is 11.3 Å². The number of aromatic nitrogens is 2. The quantitative estimate of drug-likeness (QED) is 0.843. The maximum Gasteiger partial charge on any atom is 0.273 e. The van der Waals surface area contributed by atoms with Crippen molar-refractivity contribution in [1.29, 1.82) is 0 Å². The fourth-order valence-corrected chi connectivity index (χ4v) is 2.48. The molecule has 0 aliphatic carbocycles. The molecule has 7 nitrogen and oxygen atoms in total. The lowest BCUT2D eigenvalue weighted by atomic mass is 10.1. The van der Waals surface area contributed by atoms with Gasteiger partial charge in [-0.25, -0.2) is 0 Å². The molecule has 2 amide bonds. The number of carbonyl (C=O) groups excluding carboxylic acids is 2. The van der Waals surface area contributed by atoms with Gasteiger partial charge in [-0.15, -0.1) is 0 Å². The average Bonchev–Trinajstić information content (AvgIpc) is 2.91. The first-order chi connectivity index (χ1) is 11.8. The summed E-state index contributed by atoms with van der Waals surface area (Å²) in [5, 5.41) is 10.0. The molecule has 2 aromatic rings. The van der Waals surface area contributed by atoms with Crippen molar-refractivity contribution in [2.75, 3.05) is 31.3 Å². The fourth-order valence-electron chi connectivity index (χ4n) is 2.48. The number of benzene rings is 1. The van der Waals surface area contributed by atoms with E-state index in [1.54, 1.807) is 21.7 Å². The van der Waals surface area contributed by atoms with E-state index >= 15 is 0 Å². The molecule has 0 aliphatic heterocycles. The zero-order valence-electron chi connectivity index (χ0n) is 15.4. The van der Waals surface area contributed by atoms with Gasteiger partial charge in [-0.1, -0.05) is 6.07 Å².